The molecule has 31 heavy (non-hydrogen) atoms. The summed E-state index contributed by atoms with van der Waals surface area (Å²) in [5.74, 6) is 1.10. The number of rotatable bonds is 7. The number of hydrogen-bond acceptors (Lipinski definition) is 7. The predicted molar refractivity (Wildman–Crippen MR) is 117 cm³/mol. The van der Waals surface area contributed by atoms with Crippen LogP contribution in [-0.2, 0) is 0 Å². The molecule has 0 N–H and O–H groups in total. The molecule has 8 nitrogen and oxygen atoms in total. The summed E-state index contributed by atoms with van der Waals surface area (Å²) in [7, 11) is 1.55. The van der Waals surface area contributed by atoms with Crippen molar-refractivity contribution in [3.63, 3.8) is 0 Å². The van der Waals surface area contributed by atoms with Crippen LogP contribution in [0.5, 0.6) is 5.75 Å². The minimum Gasteiger partial charge on any atom is -0.495 e. The lowest BCUT2D eigenvalue weighted by molar-refractivity contribution is 0.413. The molecule has 0 aliphatic carbocycles. The van der Waals surface area contributed by atoms with Gasteiger partial charge in [-0.2, -0.15) is 10.5 Å². The van der Waals surface area contributed by atoms with Crippen LogP contribution in [0.2, 0.25) is 0 Å². The average Bonchev–Trinajstić information content (AvgIpc) is 3.23. The SMILES string of the molecule is COc1ccccc1-n1c(=O)c2ccccc2n2c(SC[C@H](C#N)CCC#N)nnc12. The zero-order valence-corrected chi connectivity index (χ0v) is 17.5. The van der Waals surface area contributed by atoms with Crippen LogP contribution in [0, 0.1) is 28.6 Å². The van der Waals surface area contributed by atoms with Gasteiger partial charge in [0.05, 0.1) is 41.8 Å². The minimum absolute atomic E-state index is 0.222. The van der Waals surface area contributed by atoms with Crippen LogP contribution in [0.25, 0.3) is 22.4 Å². The molecular formula is C22H18N6O2S. The third kappa shape index (κ3) is 3.72. The molecule has 2 aromatic heterocycles. The van der Waals surface area contributed by atoms with Crippen LogP contribution in [0.3, 0.4) is 0 Å². The largest absolute Gasteiger partial charge is 0.495 e. The second-order valence-electron chi connectivity index (χ2n) is 6.78. The van der Waals surface area contributed by atoms with E-state index in [4.69, 9.17) is 10.00 Å². The summed E-state index contributed by atoms with van der Waals surface area (Å²) < 4.78 is 8.79. The van der Waals surface area contributed by atoms with Crippen LogP contribution in [0.4, 0.5) is 0 Å². The average molecular weight is 430 g/mol. The number of hydrogen-bond donors (Lipinski definition) is 0. The molecule has 4 aromatic rings. The predicted octanol–water partition coefficient (Wildman–Crippen LogP) is 3.58. The summed E-state index contributed by atoms with van der Waals surface area (Å²) in [5, 5.41) is 27.9. The van der Waals surface area contributed by atoms with Crippen molar-refractivity contribution in [2.45, 2.75) is 18.0 Å². The van der Waals surface area contributed by atoms with Gasteiger partial charge in [0.15, 0.2) is 5.16 Å². The molecule has 2 heterocycles. The Morgan fingerprint density at radius 2 is 1.90 bits per heavy atom. The number of thioether (sulfide) groups is 1. The van der Waals surface area contributed by atoms with Gasteiger partial charge in [-0.3, -0.25) is 9.20 Å². The van der Waals surface area contributed by atoms with Crippen LogP contribution in [-0.4, -0.2) is 32.0 Å². The Hall–Kier alpha value is -3.82. The van der Waals surface area contributed by atoms with Crippen LogP contribution < -0.4 is 10.3 Å². The second kappa shape index (κ2) is 8.90. The van der Waals surface area contributed by atoms with Gasteiger partial charge in [-0.05, 0) is 30.7 Å². The lowest BCUT2D eigenvalue weighted by Gasteiger charge is -2.14. The van der Waals surface area contributed by atoms with Crippen molar-refractivity contribution in [3.8, 4) is 23.6 Å². The summed E-state index contributed by atoms with van der Waals surface area (Å²) in [4.78, 5) is 13.4. The zero-order valence-electron chi connectivity index (χ0n) is 16.7. The fourth-order valence-corrected chi connectivity index (χ4v) is 4.40. The van der Waals surface area contributed by atoms with Gasteiger partial charge < -0.3 is 4.74 Å². The van der Waals surface area contributed by atoms with Crippen molar-refractivity contribution in [3.05, 3.63) is 58.9 Å². The van der Waals surface area contributed by atoms with E-state index in [-0.39, 0.29) is 11.5 Å². The number of nitriles is 2. The molecule has 1 atom stereocenters. The summed E-state index contributed by atoms with van der Waals surface area (Å²) in [6, 6.07) is 18.8. The van der Waals surface area contributed by atoms with E-state index in [1.54, 1.807) is 25.3 Å². The first-order valence-corrected chi connectivity index (χ1v) is 10.6. The smallest absolute Gasteiger partial charge is 0.267 e. The highest BCUT2D eigenvalue weighted by atomic mass is 32.2. The second-order valence-corrected chi connectivity index (χ2v) is 7.77. The van der Waals surface area contributed by atoms with Crippen molar-refractivity contribution < 1.29 is 4.74 Å². The first-order valence-electron chi connectivity index (χ1n) is 9.61. The van der Waals surface area contributed by atoms with Gasteiger partial charge in [-0.15, -0.1) is 10.2 Å². The van der Waals surface area contributed by atoms with E-state index >= 15 is 0 Å². The van der Waals surface area contributed by atoms with E-state index in [0.29, 0.717) is 51.9 Å². The highest BCUT2D eigenvalue weighted by Gasteiger charge is 2.20. The first kappa shape index (κ1) is 20.5. The van der Waals surface area contributed by atoms with Crippen molar-refractivity contribution in [1.82, 2.24) is 19.2 Å². The standard InChI is InChI=1S/C22H18N6O2S/c1-30-19-11-5-4-10-18(19)27-20(29)16-8-2-3-9-17(16)28-21(27)25-26-22(28)31-14-15(13-24)7-6-12-23/h2-5,8-11,15H,6-7,14H2,1H3/t15-/m0/s1. The van der Waals surface area contributed by atoms with Crippen molar-refractivity contribution in [1.29, 1.82) is 10.5 Å². The summed E-state index contributed by atoms with van der Waals surface area (Å²) in [6.45, 7) is 0. The Balaban J connectivity index is 1.91. The topological polar surface area (TPSA) is 109 Å². The summed E-state index contributed by atoms with van der Waals surface area (Å²) in [6.07, 6.45) is 0.832. The third-order valence-electron chi connectivity index (χ3n) is 4.92. The number of fused-ring (bicyclic) bond motifs is 3. The molecule has 0 spiro atoms. The Labute approximate surface area is 182 Å². The maximum absolute atomic E-state index is 13.4. The molecule has 0 radical (unpaired) electrons. The number of benzene rings is 2. The van der Waals surface area contributed by atoms with Crippen LogP contribution >= 0.6 is 11.8 Å². The quantitative estimate of drug-likeness (QED) is 0.412. The van der Waals surface area contributed by atoms with Gasteiger partial charge >= 0.3 is 0 Å². The molecule has 0 amide bonds. The van der Waals surface area contributed by atoms with E-state index in [9.17, 15) is 10.1 Å². The summed E-state index contributed by atoms with van der Waals surface area (Å²) in [5.41, 5.74) is 1.03. The van der Waals surface area contributed by atoms with Crippen molar-refractivity contribution in [2.75, 3.05) is 12.9 Å². The lowest BCUT2D eigenvalue weighted by Crippen LogP contribution is -2.22. The Morgan fingerprint density at radius 1 is 1.13 bits per heavy atom. The highest BCUT2D eigenvalue weighted by Crippen LogP contribution is 2.28. The fourth-order valence-electron chi connectivity index (χ4n) is 3.40. The van der Waals surface area contributed by atoms with Crippen molar-refractivity contribution in [2.24, 2.45) is 5.92 Å². The van der Waals surface area contributed by atoms with E-state index in [0.717, 1.165) is 0 Å². The first-order chi connectivity index (χ1) is 15.2. The molecule has 0 aliphatic heterocycles. The lowest BCUT2D eigenvalue weighted by atomic mass is 10.1. The van der Waals surface area contributed by atoms with Gasteiger partial charge in [0.25, 0.3) is 5.56 Å². The van der Waals surface area contributed by atoms with E-state index in [2.05, 4.69) is 22.3 Å². The van der Waals surface area contributed by atoms with E-state index < -0.39 is 0 Å². The molecule has 0 unspecified atom stereocenters. The molecule has 9 heteroatoms. The van der Waals surface area contributed by atoms with E-state index in [1.807, 2.05) is 34.7 Å². The molecule has 154 valence electrons. The maximum atomic E-state index is 13.4. The molecule has 2 aromatic carbocycles. The van der Waals surface area contributed by atoms with Crippen LogP contribution in [0.1, 0.15) is 12.8 Å². The molecule has 0 aliphatic rings. The van der Waals surface area contributed by atoms with Gasteiger partial charge in [-0.1, -0.05) is 36.0 Å². The zero-order chi connectivity index (χ0) is 21.8. The Kier molecular flexibility index (Phi) is 5.87. The number of nitrogens with zero attached hydrogens (tertiary/aromatic N) is 6. The number of ether oxygens (including phenoxy) is 1. The van der Waals surface area contributed by atoms with Gasteiger partial charge in [0.2, 0.25) is 5.78 Å². The highest BCUT2D eigenvalue weighted by molar-refractivity contribution is 7.99. The Morgan fingerprint density at radius 3 is 2.68 bits per heavy atom. The number of para-hydroxylation sites is 3. The Bertz CT molecular complexity index is 1400. The van der Waals surface area contributed by atoms with Gasteiger partial charge in [0, 0.05) is 12.2 Å². The number of aromatic nitrogens is 4. The van der Waals surface area contributed by atoms with Gasteiger partial charge in [-0.25, -0.2) is 4.57 Å². The fraction of sp³-hybridized carbons (Fsp3) is 0.227. The van der Waals surface area contributed by atoms with Crippen molar-refractivity contribution >= 4 is 28.4 Å². The number of methoxy groups -OCH3 is 1. The summed E-state index contributed by atoms with van der Waals surface area (Å²) >= 11 is 1.39. The molecule has 0 fully saturated rings. The van der Waals surface area contributed by atoms with Gasteiger partial charge in [0.1, 0.15) is 5.75 Å². The minimum atomic E-state index is -0.275. The van der Waals surface area contributed by atoms with E-state index in [1.165, 1.54) is 16.3 Å². The molecule has 0 saturated carbocycles. The molecule has 0 saturated heterocycles. The van der Waals surface area contributed by atoms with Crippen LogP contribution in [0.15, 0.2) is 58.5 Å². The molecule has 4 rings (SSSR count). The molecular weight excluding hydrogens is 412 g/mol. The maximum Gasteiger partial charge on any atom is 0.267 e. The monoisotopic (exact) mass is 430 g/mol. The molecule has 0 bridgehead atoms. The third-order valence-corrected chi connectivity index (χ3v) is 6.01. The normalized spacial score (nSPS) is 11.8.